The summed E-state index contributed by atoms with van der Waals surface area (Å²) in [6.07, 6.45) is 1.20. The van der Waals surface area contributed by atoms with Gasteiger partial charge in [0.1, 0.15) is 11.3 Å². The summed E-state index contributed by atoms with van der Waals surface area (Å²) < 4.78 is 11.6. The molecule has 0 saturated carbocycles. The van der Waals surface area contributed by atoms with Crippen molar-refractivity contribution in [2.75, 3.05) is 0 Å². The third-order valence-electron chi connectivity index (χ3n) is 4.10. The summed E-state index contributed by atoms with van der Waals surface area (Å²) in [6, 6.07) is 13.5. The highest BCUT2D eigenvalue weighted by molar-refractivity contribution is 6.05. The van der Waals surface area contributed by atoms with E-state index in [1.54, 1.807) is 0 Å². The van der Waals surface area contributed by atoms with E-state index < -0.39 is 0 Å². The highest BCUT2D eigenvalue weighted by Crippen LogP contribution is 2.27. The van der Waals surface area contributed by atoms with Crippen molar-refractivity contribution in [3.8, 4) is 17.2 Å². The number of rotatable bonds is 4. The van der Waals surface area contributed by atoms with Gasteiger partial charge in [-0.2, -0.15) is 5.10 Å². The van der Waals surface area contributed by atoms with Gasteiger partial charge in [0.25, 0.3) is 0 Å². The third kappa shape index (κ3) is 3.31. The molecule has 132 valence electrons. The minimum absolute atomic E-state index is 0.0540. The first-order valence-corrected chi connectivity index (χ1v) is 8.62. The molecule has 0 unspecified atom stereocenters. The van der Waals surface area contributed by atoms with Crippen molar-refractivity contribution in [3.05, 3.63) is 48.0 Å². The van der Waals surface area contributed by atoms with Gasteiger partial charge in [-0.3, -0.25) is 4.79 Å². The molecule has 0 saturated heterocycles. The minimum Gasteiger partial charge on any atom is -0.491 e. The van der Waals surface area contributed by atoms with Gasteiger partial charge < -0.3 is 9.15 Å². The Morgan fingerprint density at radius 3 is 2.54 bits per heavy atom. The van der Waals surface area contributed by atoms with Gasteiger partial charge in [-0.05, 0) is 50.2 Å². The number of amides is 1. The minimum atomic E-state index is -0.0540. The van der Waals surface area contributed by atoms with Crippen molar-refractivity contribution < 1.29 is 13.9 Å². The summed E-state index contributed by atoms with van der Waals surface area (Å²) in [5, 5.41) is 4.13. The third-order valence-corrected chi connectivity index (χ3v) is 4.10. The van der Waals surface area contributed by atoms with Gasteiger partial charge in [0.2, 0.25) is 11.8 Å². The van der Waals surface area contributed by atoms with Crippen LogP contribution in [0.15, 0.2) is 52.0 Å². The monoisotopic (exact) mass is 349 g/mol. The molecule has 3 aromatic rings. The van der Waals surface area contributed by atoms with Crippen molar-refractivity contribution in [3.63, 3.8) is 0 Å². The quantitative estimate of drug-likeness (QED) is 0.775. The molecule has 1 aliphatic rings. The number of hydrogen-bond acceptors (Lipinski definition) is 5. The second-order valence-electron chi connectivity index (χ2n) is 6.49. The second kappa shape index (κ2) is 6.63. The lowest BCUT2D eigenvalue weighted by atomic mass is 10.0. The highest BCUT2D eigenvalue weighted by Gasteiger charge is 2.15. The molecule has 0 aliphatic carbocycles. The van der Waals surface area contributed by atoms with Crippen LogP contribution in [0.1, 0.15) is 32.3 Å². The lowest BCUT2D eigenvalue weighted by molar-refractivity contribution is -0.121. The van der Waals surface area contributed by atoms with Gasteiger partial charge in [0.05, 0.1) is 11.8 Å². The van der Waals surface area contributed by atoms with E-state index in [9.17, 15) is 4.79 Å². The lowest BCUT2D eigenvalue weighted by Gasteiger charge is -2.11. The molecular formula is C20H19N3O3. The number of carbonyl (C=O) groups is 1. The van der Waals surface area contributed by atoms with Crippen LogP contribution in [0.3, 0.4) is 0 Å². The summed E-state index contributed by atoms with van der Waals surface area (Å²) in [7, 11) is 0. The van der Waals surface area contributed by atoms with E-state index in [1.807, 2.05) is 56.3 Å². The predicted molar refractivity (Wildman–Crippen MR) is 99.1 cm³/mol. The molecule has 2 heterocycles. The van der Waals surface area contributed by atoms with Crippen molar-refractivity contribution in [1.82, 2.24) is 10.4 Å². The van der Waals surface area contributed by atoms with E-state index in [2.05, 4.69) is 15.5 Å². The second-order valence-corrected chi connectivity index (χ2v) is 6.49. The van der Waals surface area contributed by atoms with Crippen LogP contribution in [0.25, 0.3) is 22.6 Å². The van der Waals surface area contributed by atoms with Gasteiger partial charge in [-0.15, -0.1) is 0 Å². The van der Waals surface area contributed by atoms with Gasteiger partial charge in [0, 0.05) is 24.0 Å². The molecule has 0 spiro atoms. The van der Waals surface area contributed by atoms with Gasteiger partial charge in [-0.1, -0.05) is 6.07 Å². The molecule has 0 atom stereocenters. The van der Waals surface area contributed by atoms with E-state index in [1.165, 1.54) is 0 Å². The molecule has 0 bridgehead atoms. The fourth-order valence-corrected chi connectivity index (χ4v) is 2.86. The smallest absolute Gasteiger partial charge is 0.240 e. The summed E-state index contributed by atoms with van der Waals surface area (Å²) >= 11 is 0. The summed E-state index contributed by atoms with van der Waals surface area (Å²) in [4.78, 5) is 15.8. The fraction of sp³-hybridized carbons (Fsp3) is 0.250. The number of benzene rings is 2. The lowest BCUT2D eigenvalue weighted by Crippen LogP contribution is -2.25. The van der Waals surface area contributed by atoms with Crippen LogP contribution in [0.5, 0.6) is 5.75 Å². The zero-order chi connectivity index (χ0) is 18.1. The first kappa shape index (κ1) is 16.3. The van der Waals surface area contributed by atoms with Crippen molar-refractivity contribution in [1.29, 1.82) is 0 Å². The Balaban J connectivity index is 1.62. The molecule has 6 nitrogen and oxygen atoms in total. The largest absolute Gasteiger partial charge is 0.491 e. The number of hydrazone groups is 1. The van der Waals surface area contributed by atoms with Crippen LogP contribution >= 0.6 is 0 Å². The molecule has 1 aromatic heterocycles. The van der Waals surface area contributed by atoms with Crippen LogP contribution in [-0.2, 0) is 4.79 Å². The first-order valence-electron chi connectivity index (χ1n) is 8.62. The summed E-state index contributed by atoms with van der Waals surface area (Å²) in [5.41, 5.74) is 6.67. The zero-order valence-electron chi connectivity index (χ0n) is 14.7. The number of ether oxygens (including phenoxy) is 1. The average Bonchev–Trinajstić information content (AvgIpc) is 3.05. The van der Waals surface area contributed by atoms with E-state index in [4.69, 9.17) is 9.15 Å². The van der Waals surface area contributed by atoms with Crippen LogP contribution < -0.4 is 10.2 Å². The first-order chi connectivity index (χ1) is 12.6. The fourth-order valence-electron chi connectivity index (χ4n) is 2.86. The Hall–Kier alpha value is -3.15. The Morgan fingerprint density at radius 1 is 1.08 bits per heavy atom. The Bertz CT molecular complexity index is 987. The summed E-state index contributed by atoms with van der Waals surface area (Å²) in [6.45, 7) is 3.99. The molecular weight excluding hydrogens is 330 g/mol. The van der Waals surface area contributed by atoms with Gasteiger partial charge in [0.15, 0.2) is 5.58 Å². The van der Waals surface area contributed by atoms with Crippen LogP contribution in [-0.4, -0.2) is 22.7 Å². The normalized spacial score (nSPS) is 14.4. The number of aromatic nitrogens is 1. The van der Waals surface area contributed by atoms with Gasteiger partial charge in [-0.25, -0.2) is 10.4 Å². The summed E-state index contributed by atoms with van der Waals surface area (Å²) in [5.74, 6) is 1.33. The SMILES string of the molecule is CC(C)Oc1ccc(-c2nc3ccc(C4=NNC(=O)CC4)cc3o2)cc1. The number of carbonyl (C=O) groups excluding carboxylic acids is 1. The molecule has 1 amide bonds. The molecule has 0 radical (unpaired) electrons. The van der Waals surface area contributed by atoms with E-state index in [-0.39, 0.29) is 12.0 Å². The molecule has 26 heavy (non-hydrogen) atoms. The number of oxazole rings is 1. The van der Waals surface area contributed by atoms with Crippen molar-refractivity contribution >= 4 is 22.7 Å². The molecule has 4 rings (SSSR count). The standard InChI is InChI=1S/C20H19N3O3/c1-12(2)25-15-6-3-13(4-7-15)20-21-17-8-5-14(11-18(17)26-20)16-9-10-19(24)23-22-16/h3-8,11-12H,9-10H2,1-2H3,(H,23,24). The van der Waals surface area contributed by atoms with E-state index >= 15 is 0 Å². The molecule has 6 heteroatoms. The van der Waals surface area contributed by atoms with Gasteiger partial charge >= 0.3 is 0 Å². The van der Waals surface area contributed by atoms with E-state index in [0.717, 1.165) is 28.1 Å². The topological polar surface area (TPSA) is 76.7 Å². The maximum atomic E-state index is 11.2. The molecule has 1 N–H and O–H groups in total. The molecule has 2 aromatic carbocycles. The molecule has 0 fully saturated rings. The van der Waals surface area contributed by atoms with E-state index in [0.29, 0.717) is 24.3 Å². The Morgan fingerprint density at radius 2 is 1.85 bits per heavy atom. The predicted octanol–water partition coefficient (Wildman–Crippen LogP) is 3.90. The number of nitrogens with zero attached hydrogens (tertiary/aromatic N) is 2. The number of hydrogen-bond donors (Lipinski definition) is 1. The number of nitrogens with one attached hydrogen (secondary N) is 1. The Labute approximate surface area is 150 Å². The van der Waals surface area contributed by atoms with Crippen LogP contribution in [0, 0.1) is 0 Å². The van der Waals surface area contributed by atoms with Crippen LogP contribution in [0.4, 0.5) is 0 Å². The zero-order valence-corrected chi connectivity index (χ0v) is 14.7. The maximum Gasteiger partial charge on any atom is 0.240 e. The van der Waals surface area contributed by atoms with Crippen LogP contribution in [0.2, 0.25) is 0 Å². The Kier molecular flexibility index (Phi) is 4.16. The van der Waals surface area contributed by atoms with Crippen molar-refractivity contribution in [2.45, 2.75) is 32.8 Å². The van der Waals surface area contributed by atoms with Crippen molar-refractivity contribution in [2.24, 2.45) is 5.10 Å². The maximum absolute atomic E-state index is 11.2. The number of fused-ring (bicyclic) bond motifs is 1. The average molecular weight is 349 g/mol. The molecule has 1 aliphatic heterocycles. The highest BCUT2D eigenvalue weighted by atomic mass is 16.5.